The standard InChI is InChI=1S/C21H21N5O/c1-14-7-5-6-10-17(14)25-12-11-18-19(21(25)27)23-24-20-16(13-22-26(18)20)15-8-3-2-4-9-15/h2-4,8-9,11-14,17H,5-7,10H2,1H3/t14-,17-/m1/s1. The third-order valence-electron chi connectivity index (χ3n) is 5.80. The molecule has 2 atom stereocenters. The monoisotopic (exact) mass is 359 g/mol. The summed E-state index contributed by atoms with van der Waals surface area (Å²) >= 11 is 0. The minimum absolute atomic E-state index is 0.0718. The number of hydrogen-bond donors (Lipinski definition) is 0. The molecule has 4 aromatic rings. The fourth-order valence-corrected chi connectivity index (χ4v) is 4.30. The normalized spacial score (nSPS) is 20.3. The molecule has 0 N–H and O–H groups in total. The molecule has 0 aliphatic heterocycles. The van der Waals surface area contributed by atoms with Crippen molar-refractivity contribution < 1.29 is 0 Å². The minimum Gasteiger partial charge on any atom is -0.310 e. The zero-order valence-electron chi connectivity index (χ0n) is 15.2. The summed E-state index contributed by atoms with van der Waals surface area (Å²) in [6, 6.07) is 12.2. The van der Waals surface area contributed by atoms with Crippen LogP contribution in [0.1, 0.15) is 38.6 Å². The zero-order valence-corrected chi connectivity index (χ0v) is 15.2. The summed E-state index contributed by atoms with van der Waals surface area (Å²) in [6.07, 6.45) is 8.32. The fourth-order valence-electron chi connectivity index (χ4n) is 4.30. The highest BCUT2D eigenvalue weighted by Gasteiger charge is 2.25. The summed E-state index contributed by atoms with van der Waals surface area (Å²) in [7, 11) is 0. The van der Waals surface area contributed by atoms with Crippen LogP contribution in [0.3, 0.4) is 0 Å². The van der Waals surface area contributed by atoms with E-state index in [2.05, 4.69) is 22.2 Å². The topological polar surface area (TPSA) is 65.1 Å². The number of benzene rings is 1. The van der Waals surface area contributed by atoms with Crippen molar-refractivity contribution in [3.63, 3.8) is 0 Å². The molecule has 3 aromatic heterocycles. The Morgan fingerprint density at radius 3 is 2.67 bits per heavy atom. The number of pyridine rings is 1. The van der Waals surface area contributed by atoms with Crippen molar-refractivity contribution in [2.24, 2.45) is 5.92 Å². The van der Waals surface area contributed by atoms with Gasteiger partial charge in [-0.1, -0.05) is 50.1 Å². The summed E-state index contributed by atoms with van der Waals surface area (Å²) in [5.41, 5.74) is 3.62. The molecule has 5 rings (SSSR count). The SMILES string of the molecule is C[C@@H]1CCCC[C@H]1n1ccc2c(nnc3c(-c4ccccc4)cnn32)c1=O. The molecule has 1 aromatic carbocycles. The molecule has 136 valence electrons. The molecular weight excluding hydrogens is 338 g/mol. The van der Waals surface area contributed by atoms with Crippen LogP contribution in [-0.2, 0) is 0 Å². The van der Waals surface area contributed by atoms with Gasteiger partial charge in [0.1, 0.15) is 5.52 Å². The van der Waals surface area contributed by atoms with Crippen LogP contribution in [0, 0.1) is 5.92 Å². The number of rotatable bonds is 2. The summed E-state index contributed by atoms with van der Waals surface area (Å²) in [5, 5.41) is 13.1. The van der Waals surface area contributed by atoms with Gasteiger partial charge in [-0.25, -0.2) is 4.52 Å². The predicted octanol–water partition coefficient (Wildman–Crippen LogP) is 3.86. The van der Waals surface area contributed by atoms with Gasteiger partial charge in [-0.3, -0.25) is 4.79 Å². The van der Waals surface area contributed by atoms with Crippen molar-refractivity contribution in [2.75, 3.05) is 0 Å². The highest BCUT2D eigenvalue weighted by atomic mass is 16.1. The summed E-state index contributed by atoms with van der Waals surface area (Å²) in [4.78, 5) is 13.1. The van der Waals surface area contributed by atoms with E-state index in [1.165, 1.54) is 19.3 Å². The Labute approximate surface area is 156 Å². The average molecular weight is 359 g/mol. The Morgan fingerprint density at radius 1 is 1.04 bits per heavy atom. The minimum atomic E-state index is -0.0718. The second kappa shape index (κ2) is 6.30. The first-order chi connectivity index (χ1) is 13.2. The van der Waals surface area contributed by atoms with Crippen molar-refractivity contribution in [3.05, 3.63) is 59.1 Å². The van der Waals surface area contributed by atoms with Crippen LogP contribution in [0.4, 0.5) is 0 Å². The van der Waals surface area contributed by atoms with Crippen molar-refractivity contribution in [1.29, 1.82) is 0 Å². The average Bonchev–Trinajstić information content (AvgIpc) is 3.14. The second-order valence-corrected chi connectivity index (χ2v) is 7.45. The lowest BCUT2D eigenvalue weighted by atomic mass is 9.85. The van der Waals surface area contributed by atoms with Gasteiger partial charge < -0.3 is 4.57 Å². The smallest absolute Gasteiger partial charge is 0.280 e. The van der Waals surface area contributed by atoms with E-state index in [9.17, 15) is 4.79 Å². The molecule has 1 aliphatic carbocycles. The van der Waals surface area contributed by atoms with Crippen LogP contribution in [0.15, 0.2) is 53.6 Å². The molecule has 1 aliphatic rings. The molecule has 1 saturated carbocycles. The molecule has 3 heterocycles. The molecule has 27 heavy (non-hydrogen) atoms. The largest absolute Gasteiger partial charge is 0.310 e. The number of nitrogens with zero attached hydrogens (tertiary/aromatic N) is 5. The maximum atomic E-state index is 13.1. The van der Waals surface area contributed by atoms with E-state index in [1.54, 1.807) is 10.7 Å². The van der Waals surface area contributed by atoms with Gasteiger partial charge in [0.15, 0.2) is 11.2 Å². The molecule has 6 nitrogen and oxygen atoms in total. The van der Waals surface area contributed by atoms with Crippen LogP contribution in [0.5, 0.6) is 0 Å². The van der Waals surface area contributed by atoms with E-state index in [0.29, 0.717) is 22.6 Å². The highest BCUT2D eigenvalue weighted by molar-refractivity contribution is 5.82. The zero-order chi connectivity index (χ0) is 18.4. The van der Waals surface area contributed by atoms with E-state index in [-0.39, 0.29) is 11.6 Å². The third-order valence-corrected chi connectivity index (χ3v) is 5.80. The summed E-state index contributed by atoms with van der Waals surface area (Å²) < 4.78 is 3.58. The molecule has 0 bridgehead atoms. The number of aromatic nitrogens is 5. The molecular formula is C21H21N5O. The van der Waals surface area contributed by atoms with E-state index < -0.39 is 0 Å². The van der Waals surface area contributed by atoms with Crippen LogP contribution in [0.2, 0.25) is 0 Å². The predicted molar refractivity (Wildman–Crippen MR) is 105 cm³/mol. The Hall–Kier alpha value is -3.02. The Balaban J connectivity index is 1.68. The Morgan fingerprint density at radius 2 is 1.85 bits per heavy atom. The highest BCUT2D eigenvalue weighted by Crippen LogP contribution is 2.33. The van der Waals surface area contributed by atoms with Gasteiger partial charge in [-0.15, -0.1) is 10.2 Å². The molecule has 6 heteroatoms. The van der Waals surface area contributed by atoms with Gasteiger partial charge in [0.25, 0.3) is 5.56 Å². The van der Waals surface area contributed by atoms with E-state index in [4.69, 9.17) is 0 Å². The molecule has 0 radical (unpaired) electrons. The van der Waals surface area contributed by atoms with Gasteiger partial charge in [-0.2, -0.15) is 5.10 Å². The lowest BCUT2D eigenvalue weighted by Gasteiger charge is -2.30. The van der Waals surface area contributed by atoms with Crippen LogP contribution < -0.4 is 5.56 Å². The van der Waals surface area contributed by atoms with Gasteiger partial charge in [0, 0.05) is 17.8 Å². The van der Waals surface area contributed by atoms with Crippen molar-refractivity contribution in [1.82, 2.24) is 24.4 Å². The van der Waals surface area contributed by atoms with Crippen molar-refractivity contribution in [3.8, 4) is 11.1 Å². The molecule has 0 spiro atoms. The van der Waals surface area contributed by atoms with E-state index >= 15 is 0 Å². The molecule has 1 fully saturated rings. The lowest BCUT2D eigenvalue weighted by Crippen LogP contribution is -2.31. The maximum Gasteiger partial charge on any atom is 0.280 e. The second-order valence-electron chi connectivity index (χ2n) is 7.45. The first-order valence-electron chi connectivity index (χ1n) is 9.55. The lowest BCUT2D eigenvalue weighted by molar-refractivity contribution is 0.253. The molecule has 0 unspecified atom stereocenters. The number of hydrogen-bond acceptors (Lipinski definition) is 4. The third kappa shape index (κ3) is 2.55. The van der Waals surface area contributed by atoms with Crippen molar-refractivity contribution in [2.45, 2.75) is 38.6 Å². The van der Waals surface area contributed by atoms with Gasteiger partial charge in [0.2, 0.25) is 0 Å². The Kier molecular flexibility index (Phi) is 3.77. The van der Waals surface area contributed by atoms with Gasteiger partial charge >= 0.3 is 0 Å². The molecule has 0 saturated heterocycles. The van der Waals surface area contributed by atoms with Crippen LogP contribution in [0.25, 0.3) is 27.8 Å². The maximum absolute atomic E-state index is 13.1. The summed E-state index contributed by atoms with van der Waals surface area (Å²) in [6.45, 7) is 2.23. The van der Waals surface area contributed by atoms with Gasteiger partial charge in [-0.05, 0) is 30.4 Å². The van der Waals surface area contributed by atoms with Crippen LogP contribution in [-0.4, -0.2) is 24.4 Å². The van der Waals surface area contributed by atoms with E-state index in [1.807, 2.05) is 47.2 Å². The number of fused-ring (bicyclic) bond motifs is 3. The summed E-state index contributed by atoms with van der Waals surface area (Å²) in [5.74, 6) is 0.500. The van der Waals surface area contributed by atoms with Crippen LogP contribution >= 0.6 is 0 Å². The first-order valence-corrected chi connectivity index (χ1v) is 9.55. The fraction of sp³-hybridized carbons (Fsp3) is 0.333. The quantitative estimate of drug-likeness (QED) is 0.545. The Bertz CT molecular complexity index is 1180. The van der Waals surface area contributed by atoms with E-state index in [0.717, 1.165) is 17.5 Å². The first kappa shape index (κ1) is 16.2. The van der Waals surface area contributed by atoms with Crippen molar-refractivity contribution >= 4 is 16.7 Å². The molecule has 0 amide bonds. The van der Waals surface area contributed by atoms with Gasteiger partial charge in [0.05, 0.1) is 6.20 Å².